The topological polar surface area (TPSA) is 98.2 Å². The largest absolute Gasteiger partial charge is 0.366 e. The Kier molecular flexibility index (Phi) is 4.66. The first-order valence-electron chi connectivity index (χ1n) is 5.44. The van der Waals surface area contributed by atoms with Crippen molar-refractivity contribution in [3.63, 3.8) is 0 Å². The van der Waals surface area contributed by atoms with Crippen molar-refractivity contribution in [1.82, 2.24) is 5.32 Å². The van der Waals surface area contributed by atoms with Crippen molar-refractivity contribution in [1.29, 1.82) is 0 Å². The lowest BCUT2D eigenvalue weighted by atomic mass is 10.1. The molecule has 5 heteroatoms. The van der Waals surface area contributed by atoms with Crippen molar-refractivity contribution in [3.8, 4) is 0 Å². The molecule has 0 heterocycles. The van der Waals surface area contributed by atoms with Gasteiger partial charge in [-0.05, 0) is 37.6 Å². The van der Waals surface area contributed by atoms with Gasteiger partial charge < -0.3 is 16.8 Å². The van der Waals surface area contributed by atoms with E-state index in [9.17, 15) is 9.59 Å². The zero-order valence-corrected chi connectivity index (χ0v) is 9.77. The van der Waals surface area contributed by atoms with Gasteiger partial charge in [0, 0.05) is 23.7 Å². The molecule has 0 aromatic heterocycles. The van der Waals surface area contributed by atoms with Crippen LogP contribution in [-0.4, -0.2) is 24.4 Å². The van der Waals surface area contributed by atoms with E-state index >= 15 is 0 Å². The minimum atomic E-state index is -0.506. The highest BCUT2D eigenvalue weighted by Crippen LogP contribution is 2.03. The summed E-state index contributed by atoms with van der Waals surface area (Å²) in [5, 5.41) is 2.74. The number of carbonyl (C=O) groups is 2. The number of benzene rings is 1. The van der Waals surface area contributed by atoms with Gasteiger partial charge in [0.1, 0.15) is 0 Å². The molecule has 1 aromatic rings. The highest BCUT2D eigenvalue weighted by molar-refractivity contribution is 5.97. The van der Waals surface area contributed by atoms with Crippen LogP contribution in [0.1, 0.15) is 34.1 Å². The lowest BCUT2D eigenvalue weighted by Gasteiger charge is -2.07. The van der Waals surface area contributed by atoms with E-state index in [1.54, 1.807) is 12.1 Å². The fraction of sp³-hybridized carbons (Fsp3) is 0.333. The van der Waals surface area contributed by atoms with Crippen LogP contribution in [0, 0.1) is 0 Å². The van der Waals surface area contributed by atoms with Crippen molar-refractivity contribution >= 4 is 11.8 Å². The highest BCUT2D eigenvalue weighted by Gasteiger charge is 2.06. The van der Waals surface area contributed by atoms with Crippen molar-refractivity contribution in [2.75, 3.05) is 6.54 Å². The molecule has 0 fully saturated rings. The summed E-state index contributed by atoms with van der Waals surface area (Å²) in [6.07, 6.45) is 0.727. The molecule has 17 heavy (non-hydrogen) atoms. The Morgan fingerprint density at radius 2 is 1.76 bits per heavy atom. The molecule has 0 saturated heterocycles. The first-order chi connectivity index (χ1) is 8.00. The maximum Gasteiger partial charge on any atom is 0.251 e. The van der Waals surface area contributed by atoms with Gasteiger partial charge in [-0.25, -0.2) is 0 Å². The van der Waals surface area contributed by atoms with Gasteiger partial charge in [0.2, 0.25) is 5.91 Å². The molecule has 0 aliphatic rings. The lowest BCUT2D eigenvalue weighted by Crippen LogP contribution is -2.28. The average Bonchev–Trinajstić information content (AvgIpc) is 2.28. The summed E-state index contributed by atoms with van der Waals surface area (Å²) >= 11 is 0. The Balaban J connectivity index is 2.55. The first kappa shape index (κ1) is 13.2. The molecule has 0 aliphatic carbocycles. The molecule has 0 saturated carbocycles. The van der Waals surface area contributed by atoms with Crippen molar-refractivity contribution in [2.45, 2.75) is 19.4 Å². The second kappa shape index (κ2) is 6.00. The molecule has 2 amide bonds. The molecule has 1 unspecified atom stereocenters. The van der Waals surface area contributed by atoms with E-state index < -0.39 is 5.91 Å². The zero-order chi connectivity index (χ0) is 12.8. The van der Waals surface area contributed by atoms with Gasteiger partial charge in [0.25, 0.3) is 5.91 Å². The maximum absolute atomic E-state index is 11.6. The van der Waals surface area contributed by atoms with Crippen LogP contribution in [0.5, 0.6) is 0 Å². The van der Waals surface area contributed by atoms with Crippen LogP contribution in [0.25, 0.3) is 0 Å². The molecule has 1 atom stereocenters. The van der Waals surface area contributed by atoms with Gasteiger partial charge >= 0.3 is 0 Å². The Bertz CT molecular complexity index is 399. The highest BCUT2D eigenvalue weighted by atomic mass is 16.2. The van der Waals surface area contributed by atoms with Gasteiger partial charge in [-0.3, -0.25) is 9.59 Å². The van der Waals surface area contributed by atoms with E-state index in [-0.39, 0.29) is 11.9 Å². The molecular formula is C12H17N3O2. The summed E-state index contributed by atoms with van der Waals surface area (Å²) in [6, 6.07) is 6.27. The van der Waals surface area contributed by atoms with Crippen LogP contribution in [-0.2, 0) is 0 Å². The minimum absolute atomic E-state index is 0.0625. The fourth-order valence-corrected chi connectivity index (χ4v) is 1.30. The van der Waals surface area contributed by atoms with E-state index in [1.165, 1.54) is 12.1 Å². The summed E-state index contributed by atoms with van der Waals surface area (Å²) in [5.41, 5.74) is 11.6. The SMILES string of the molecule is CC(N)CCNC(=O)c1ccc(C(N)=O)cc1. The first-order valence-corrected chi connectivity index (χ1v) is 5.44. The van der Waals surface area contributed by atoms with Gasteiger partial charge in [0.05, 0.1) is 0 Å². The quantitative estimate of drug-likeness (QED) is 0.682. The molecule has 92 valence electrons. The van der Waals surface area contributed by atoms with Crippen LogP contribution in [0.2, 0.25) is 0 Å². The fourth-order valence-electron chi connectivity index (χ4n) is 1.30. The second-order valence-corrected chi connectivity index (χ2v) is 3.96. The number of hydrogen-bond donors (Lipinski definition) is 3. The van der Waals surface area contributed by atoms with Gasteiger partial charge in [-0.15, -0.1) is 0 Å². The number of primary amides is 1. The number of nitrogens with two attached hydrogens (primary N) is 2. The standard InChI is InChI=1S/C12H17N3O2/c1-8(13)6-7-15-12(17)10-4-2-9(3-5-10)11(14)16/h2-5,8H,6-7,13H2,1H3,(H2,14,16)(H,15,17). The molecule has 0 spiro atoms. The summed E-state index contributed by atoms with van der Waals surface area (Å²) in [5.74, 6) is -0.685. The number of amides is 2. The van der Waals surface area contributed by atoms with Crippen molar-refractivity contribution < 1.29 is 9.59 Å². The summed E-state index contributed by atoms with van der Waals surface area (Å²) in [6.45, 7) is 2.42. The van der Waals surface area contributed by atoms with Crippen LogP contribution in [0.4, 0.5) is 0 Å². The number of carbonyl (C=O) groups excluding carboxylic acids is 2. The Morgan fingerprint density at radius 1 is 1.24 bits per heavy atom. The van der Waals surface area contributed by atoms with Gasteiger partial charge in [-0.2, -0.15) is 0 Å². The Morgan fingerprint density at radius 3 is 2.24 bits per heavy atom. The van der Waals surface area contributed by atoms with Crippen LogP contribution < -0.4 is 16.8 Å². The van der Waals surface area contributed by atoms with E-state index in [1.807, 2.05) is 6.92 Å². The Labute approximate surface area is 100 Å². The smallest absolute Gasteiger partial charge is 0.251 e. The van der Waals surface area contributed by atoms with Gasteiger partial charge in [0.15, 0.2) is 0 Å². The summed E-state index contributed by atoms with van der Waals surface area (Å²) < 4.78 is 0. The average molecular weight is 235 g/mol. The van der Waals surface area contributed by atoms with Crippen LogP contribution >= 0.6 is 0 Å². The van der Waals surface area contributed by atoms with Gasteiger partial charge in [-0.1, -0.05) is 0 Å². The predicted octanol–water partition coefficient (Wildman–Crippen LogP) is 0.253. The third-order valence-electron chi connectivity index (χ3n) is 2.32. The number of hydrogen-bond acceptors (Lipinski definition) is 3. The lowest BCUT2D eigenvalue weighted by molar-refractivity contribution is 0.0950. The molecular weight excluding hydrogens is 218 g/mol. The predicted molar refractivity (Wildman–Crippen MR) is 65.6 cm³/mol. The van der Waals surface area contributed by atoms with E-state index in [0.717, 1.165) is 6.42 Å². The summed E-state index contributed by atoms with van der Waals surface area (Å²) in [4.78, 5) is 22.5. The van der Waals surface area contributed by atoms with Crippen LogP contribution in [0.3, 0.4) is 0 Å². The molecule has 0 bridgehead atoms. The van der Waals surface area contributed by atoms with Crippen molar-refractivity contribution in [3.05, 3.63) is 35.4 Å². The number of rotatable bonds is 5. The summed E-state index contributed by atoms with van der Waals surface area (Å²) in [7, 11) is 0. The maximum atomic E-state index is 11.6. The normalized spacial score (nSPS) is 11.9. The molecule has 5 nitrogen and oxygen atoms in total. The van der Waals surface area contributed by atoms with E-state index in [2.05, 4.69) is 5.32 Å². The zero-order valence-electron chi connectivity index (χ0n) is 9.77. The second-order valence-electron chi connectivity index (χ2n) is 3.96. The third-order valence-corrected chi connectivity index (χ3v) is 2.32. The molecule has 1 aromatic carbocycles. The van der Waals surface area contributed by atoms with Crippen molar-refractivity contribution in [2.24, 2.45) is 11.5 Å². The molecule has 0 aliphatic heterocycles. The molecule has 1 rings (SSSR count). The third kappa shape index (κ3) is 4.24. The van der Waals surface area contributed by atoms with Crippen LogP contribution in [0.15, 0.2) is 24.3 Å². The van der Waals surface area contributed by atoms with E-state index in [4.69, 9.17) is 11.5 Å². The number of nitrogens with one attached hydrogen (secondary N) is 1. The van der Waals surface area contributed by atoms with E-state index in [0.29, 0.717) is 17.7 Å². The minimum Gasteiger partial charge on any atom is -0.366 e. The Hall–Kier alpha value is -1.88. The molecule has 5 N–H and O–H groups in total. The monoisotopic (exact) mass is 235 g/mol. The molecule has 0 radical (unpaired) electrons.